The van der Waals surface area contributed by atoms with Crippen molar-refractivity contribution in [2.24, 2.45) is 0 Å². The molecule has 0 saturated carbocycles. The molecular weight excluding hydrogens is 200 g/mol. The summed E-state index contributed by atoms with van der Waals surface area (Å²) in [5.74, 6) is 0. The van der Waals surface area contributed by atoms with Crippen LogP contribution < -0.4 is 5.73 Å². The van der Waals surface area contributed by atoms with Crippen molar-refractivity contribution in [3.05, 3.63) is 30.1 Å². The fraction of sp³-hybridized carbons (Fsp3) is 0.333. The molecule has 0 bridgehead atoms. The molecule has 82 valence electrons. The number of aromatic nitrogens is 2. The Morgan fingerprint density at radius 1 is 1.25 bits per heavy atom. The Kier molecular flexibility index (Phi) is 1.74. The number of nitrogens with zero attached hydrogens (tertiary/aromatic N) is 3. The summed E-state index contributed by atoms with van der Waals surface area (Å²) in [6, 6.07) is 4.44. The molecule has 2 heterocycles. The van der Waals surface area contributed by atoms with Crippen LogP contribution >= 0.6 is 0 Å². The number of rotatable bonds is 1. The van der Waals surface area contributed by atoms with E-state index in [9.17, 15) is 0 Å². The van der Waals surface area contributed by atoms with Crippen molar-refractivity contribution in [3.63, 3.8) is 0 Å². The first-order valence-corrected chi connectivity index (χ1v) is 5.41. The summed E-state index contributed by atoms with van der Waals surface area (Å²) >= 11 is 0. The number of benzene rings is 1. The van der Waals surface area contributed by atoms with Gasteiger partial charge in [0.2, 0.25) is 0 Å². The maximum absolute atomic E-state index is 5.90. The quantitative estimate of drug-likeness (QED) is 0.444. The van der Waals surface area contributed by atoms with Gasteiger partial charge in [-0.2, -0.15) is 0 Å². The van der Waals surface area contributed by atoms with E-state index in [1.54, 1.807) is 12.4 Å². The number of quaternary nitrogens is 1. The van der Waals surface area contributed by atoms with Gasteiger partial charge in [-0.25, -0.2) is 0 Å². The minimum Gasteiger partial charge on any atom is -0.399 e. The molecule has 0 amide bonds. The van der Waals surface area contributed by atoms with E-state index in [1.807, 2.05) is 12.1 Å². The number of fused-ring (bicyclic) bond motifs is 1. The van der Waals surface area contributed by atoms with Crippen LogP contribution in [0.2, 0.25) is 0 Å². The molecule has 1 aromatic carbocycles. The molecule has 2 aromatic rings. The average Bonchev–Trinajstić information content (AvgIpc) is 2.86. The van der Waals surface area contributed by atoms with Crippen LogP contribution in [0.3, 0.4) is 0 Å². The minimum absolute atomic E-state index is 0.516. The van der Waals surface area contributed by atoms with Crippen LogP contribution in [-0.2, 0) is 0 Å². The highest BCUT2D eigenvalue weighted by molar-refractivity contribution is 5.82. The van der Waals surface area contributed by atoms with Gasteiger partial charge in [0.1, 0.15) is 6.54 Å². The topological polar surface area (TPSA) is 51.8 Å². The summed E-state index contributed by atoms with van der Waals surface area (Å²) in [6.45, 7) is 1.15. The number of likely N-dealkylation sites (N-methyl/N-ethyl adjacent to an activating group) is 1. The molecule has 2 N–H and O–H groups in total. The maximum Gasteiger partial charge on any atom is 0.166 e. The second-order valence-electron chi connectivity index (χ2n) is 5.01. The molecule has 0 aliphatic carbocycles. The summed E-state index contributed by atoms with van der Waals surface area (Å²) < 4.78 is 1.01. The molecule has 1 saturated heterocycles. The van der Waals surface area contributed by atoms with Crippen LogP contribution in [0.15, 0.2) is 24.5 Å². The highest BCUT2D eigenvalue weighted by atomic mass is 15.5. The first kappa shape index (κ1) is 9.54. The fourth-order valence-electron chi connectivity index (χ4n) is 2.25. The zero-order valence-corrected chi connectivity index (χ0v) is 9.51. The predicted molar refractivity (Wildman–Crippen MR) is 63.7 cm³/mol. The zero-order chi connectivity index (χ0) is 11.3. The van der Waals surface area contributed by atoms with E-state index in [-0.39, 0.29) is 0 Å². The number of anilines is 1. The lowest BCUT2D eigenvalue weighted by molar-refractivity contribution is -0.772. The van der Waals surface area contributed by atoms with Crippen LogP contribution in [0.1, 0.15) is 11.6 Å². The first-order chi connectivity index (χ1) is 7.58. The smallest absolute Gasteiger partial charge is 0.166 e. The van der Waals surface area contributed by atoms with Gasteiger partial charge in [0.25, 0.3) is 0 Å². The SMILES string of the molecule is C[N+]1(C)CC1c1cc(N)cc2nccnc12. The Morgan fingerprint density at radius 3 is 2.62 bits per heavy atom. The van der Waals surface area contributed by atoms with Gasteiger partial charge in [0.15, 0.2) is 6.04 Å². The zero-order valence-electron chi connectivity index (χ0n) is 9.51. The molecule has 4 heteroatoms. The standard InChI is InChI=1S/C12H15N4/c1-16(2)7-11(16)9-5-8(13)6-10-12(9)15-4-3-14-10/h3-6,11H,7,13H2,1-2H3/q+1. The number of nitrogens with two attached hydrogens (primary N) is 1. The average molecular weight is 215 g/mol. The van der Waals surface area contributed by atoms with Crippen LogP contribution in [0.4, 0.5) is 5.69 Å². The van der Waals surface area contributed by atoms with Gasteiger partial charge < -0.3 is 10.2 Å². The minimum atomic E-state index is 0.516. The molecule has 4 nitrogen and oxygen atoms in total. The highest BCUT2D eigenvalue weighted by Crippen LogP contribution is 2.42. The Balaban J connectivity index is 2.24. The van der Waals surface area contributed by atoms with Gasteiger partial charge >= 0.3 is 0 Å². The van der Waals surface area contributed by atoms with Gasteiger partial charge in [0, 0.05) is 23.6 Å². The predicted octanol–water partition coefficient (Wildman–Crippen LogP) is 1.34. The van der Waals surface area contributed by atoms with Crippen molar-refractivity contribution in [3.8, 4) is 0 Å². The number of hydrogen-bond donors (Lipinski definition) is 1. The second kappa shape index (κ2) is 2.92. The van der Waals surface area contributed by atoms with E-state index in [1.165, 1.54) is 5.56 Å². The lowest BCUT2D eigenvalue weighted by Crippen LogP contribution is -2.13. The van der Waals surface area contributed by atoms with Crippen molar-refractivity contribution >= 4 is 16.7 Å². The van der Waals surface area contributed by atoms with E-state index >= 15 is 0 Å². The van der Waals surface area contributed by atoms with Crippen molar-refractivity contribution in [2.45, 2.75) is 6.04 Å². The van der Waals surface area contributed by atoms with E-state index in [4.69, 9.17) is 5.73 Å². The van der Waals surface area contributed by atoms with Crippen molar-refractivity contribution in [1.82, 2.24) is 9.97 Å². The molecule has 1 aromatic heterocycles. The second-order valence-corrected chi connectivity index (χ2v) is 5.01. The lowest BCUT2D eigenvalue weighted by atomic mass is 10.1. The van der Waals surface area contributed by atoms with Crippen LogP contribution in [0.25, 0.3) is 11.0 Å². The van der Waals surface area contributed by atoms with Crippen LogP contribution in [0.5, 0.6) is 0 Å². The maximum atomic E-state index is 5.90. The summed E-state index contributed by atoms with van der Waals surface area (Å²) in [6.07, 6.45) is 3.45. The van der Waals surface area contributed by atoms with Gasteiger partial charge in [-0.3, -0.25) is 9.97 Å². The lowest BCUT2D eigenvalue weighted by Gasteiger charge is -2.08. The molecule has 1 atom stereocenters. The number of hydrogen-bond acceptors (Lipinski definition) is 3. The van der Waals surface area contributed by atoms with Crippen LogP contribution in [0, 0.1) is 0 Å². The van der Waals surface area contributed by atoms with Crippen molar-refractivity contribution in [1.29, 1.82) is 0 Å². The van der Waals surface area contributed by atoms with Gasteiger partial charge in [-0.1, -0.05) is 0 Å². The van der Waals surface area contributed by atoms with Gasteiger partial charge in [0.05, 0.1) is 25.1 Å². The third kappa shape index (κ3) is 1.34. The largest absolute Gasteiger partial charge is 0.399 e. The van der Waals surface area contributed by atoms with Gasteiger partial charge in [-0.15, -0.1) is 0 Å². The molecular formula is C12H15N4+. The van der Waals surface area contributed by atoms with Gasteiger partial charge in [-0.05, 0) is 12.1 Å². The Bertz CT molecular complexity index is 562. The molecule has 1 aliphatic rings. The molecule has 0 radical (unpaired) electrons. The van der Waals surface area contributed by atoms with E-state index in [0.29, 0.717) is 6.04 Å². The Morgan fingerprint density at radius 2 is 1.94 bits per heavy atom. The van der Waals surface area contributed by atoms with E-state index in [2.05, 4.69) is 24.1 Å². The molecule has 1 unspecified atom stereocenters. The third-order valence-corrected chi connectivity index (χ3v) is 3.34. The molecule has 3 rings (SSSR count). The van der Waals surface area contributed by atoms with Crippen molar-refractivity contribution < 1.29 is 4.48 Å². The molecule has 1 aliphatic heterocycles. The van der Waals surface area contributed by atoms with Crippen molar-refractivity contribution in [2.75, 3.05) is 26.4 Å². The summed E-state index contributed by atoms with van der Waals surface area (Å²) in [5, 5.41) is 0. The monoisotopic (exact) mass is 215 g/mol. The molecule has 16 heavy (non-hydrogen) atoms. The summed E-state index contributed by atoms with van der Waals surface area (Å²) in [4.78, 5) is 8.73. The normalized spacial score (nSPS) is 22.2. The highest BCUT2D eigenvalue weighted by Gasteiger charge is 2.49. The van der Waals surface area contributed by atoms with E-state index in [0.717, 1.165) is 27.7 Å². The summed E-state index contributed by atoms with van der Waals surface area (Å²) in [5.41, 5.74) is 9.79. The Labute approximate surface area is 94.3 Å². The molecule has 0 spiro atoms. The third-order valence-electron chi connectivity index (χ3n) is 3.34. The first-order valence-electron chi connectivity index (χ1n) is 5.41. The van der Waals surface area contributed by atoms with Crippen LogP contribution in [-0.4, -0.2) is 35.1 Å². The summed E-state index contributed by atoms with van der Waals surface area (Å²) in [7, 11) is 4.44. The van der Waals surface area contributed by atoms with E-state index < -0.39 is 0 Å². The Hall–Kier alpha value is -1.68. The fourth-order valence-corrected chi connectivity index (χ4v) is 2.25. The molecule has 1 fully saturated rings. The number of nitrogen functional groups attached to an aromatic ring is 1.